The second-order valence-electron chi connectivity index (χ2n) is 8.22. The number of anilines is 1. The predicted molar refractivity (Wildman–Crippen MR) is 106 cm³/mol. The first-order chi connectivity index (χ1) is 15.5. The predicted octanol–water partition coefficient (Wildman–Crippen LogP) is 5.63. The number of nitrogens with one attached hydrogen (secondary N) is 2. The number of hydrogen-bond donors (Lipinski definition) is 2. The molecule has 1 saturated carbocycles. The van der Waals surface area contributed by atoms with Crippen molar-refractivity contribution in [2.24, 2.45) is 0 Å². The van der Waals surface area contributed by atoms with Gasteiger partial charge in [-0.05, 0) is 36.6 Å². The van der Waals surface area contributed by atoms with E-state index in [0.717, 1.165) is 16.8 Å². The lowest BCUT2D eigenvalue weighted by atomic mass is 9.68. The Bertz CT molecular complexity index is 1210. The lowest BCUT2D eigenvalue weighted by Crippen LogP contribution is -2.56. The summed E-state index contributed by atoms with van der Waals surface area (Å²) in [6.07, 6.45) is -5.49. The third-order valence-electron chi connectivity index (χ3n) is 6.15. The number of aromatic nitrogens is 2. The van der Waals surface area contributed by atoms with Gasteiger partial charge in [0.2, 0.25) is 0 Å². The Morgan fingerprint density at radius 2 is 1.64 bits per heavy atom. The number of alkyl halides is 6. The van der Waals surface area contributed by atoms with E-state index in [2.05, 4.69) is 15.6 Å². The normalized spacial score (nSPS) is 21.3. The number of rotatable bonds is 2. The van der Waals surface area contributed by atoms with Crippen LogP contribution in [0.2, 0.25) is 0 Å². The van der Waals surface area contributed by atoms with Crippen molar-refractivity contribution in [3.63, 3.8) is 0 Å². The molecule has 172 valence electrons. The van der Waals surface area contributed by atoms with Crippen LogP contribution < -0.4 is 10.6 Å². The van der Waals surface area contributed by atoms with Gasteiger partial charge in [-0.2, -0.15) is 26.3 Å². The number of urea groups is 1. The maximum atomic E-state index is 13.0. The van der Waals surface area contributed by atoms with Crippen LogP contribution in [0.1, 0.15) is 29.5 Å². The Hall–Kier alpha value is -3.50. The summed E-state index contributed by atoms with van der Waals surface area (Å²) in [7, 11) is 0. The lowest BCUT2D eigenvalue weighted by molar-refractivity contribution is -0.143. The van der Waals surface area contributed by atoms with Crippen molar-refractivity contribution in [2.75, 3.05) is 5.32 Å². The second kappa shape index (κ2) is 7.00. The standard InChI is InChI=1S/C22H16F6N4O/c23-21(24,25)12-5-13(22(26,27)28)7-14(6-12)30-19(33)31-15-8-20(9-15)17-4-2-1-3-16(17)18-10-29-11-32(18)20/h1-7,10-11,15H,8-9H2,(H2,30,31,33). The molecule has 11 heteroatoms. The molecule has 2 aliphatic rings. The van der Waals surface area contributed by atoms with E-state index in [-0.39, 0.29) is 17.6 Å². The zero-order valence-corrected chi connectivity index (χ0v) is 16.8. The van der Waals surface area contributed by atoms with Gasteiger partial charge in [-0.3, -0.25) is 0 Å². The maximum Gasteiger partial charge on any atom is 0.416 e. The third-order valence-corrected chi connectivity index (χ3v) is 6.15. The molecule has 0 saturated heterocycles. The Morgan fingerprint density at radius 3 is 2.27 bits per heavy atom. The summed E-state index contributed by atoms with van der Waals surface area (Å²) in [5, 5.41) is 4.75. The zero-order chi connectivity index (χ0) is 23.6. The van der Waals surface area contributed by atoms with Crippen LogP contribution in [0.5, 0.6) is 0 Å². The van der Waals surface area contributed by atoms with Gasteiger partial charge in [-0.25, -0.2) is 9.78 Å². The molecule has 0 atom stereocenters. The highest BCUT2D eigenvalue weighted by Gasteiger charge is 2.52. The molecule has 5 rings (SSSR count). The van der Waals surface area contributed by atoms with Crippen molar-refractivity contribution in [2.45, 2.75) is 36.8 Å². The van der Waals surface area contributed by atoms with E-state index < -0.39 is 35.2 Å². The molecule has 2 amide bonds. The summed E-state index contributed by atoms with van der Waals surface area (Å²) >= 11 is 0. The molecule has 1 aliphatic heterocycles. The number of carbonyl (C=O) groups excluding carboxylic acids is 1. The first-order valence-electron chi connectivity index (χ1n) is 9.97. The largest absolute Gasteiger partial charge is 0.416 e. The number of benzene rings is 2. The Morgan fingerprint density at radius 1 is 1.00 bits per heavy atom. The molecule has 2 heterocycles. The first-order valence-corrected chi connectivity index (χ1v) is 9.97. The van der Waals surface area contributed by atoms with Gasteiger partial charge < -0.3 is 15.2 Å². The first kappa shape index (κ1) is 21.4. The summed E-state index contributed by atoms with van der Waals surface area (Å²) in [4.78, 5) is 16.6. The van der Waals surface area contributed by atoms with Crippen molar-refractivity contribution in [3.05, 3.63) is 71.7 Å². The molecule has 1 aromatic heterocycles. The number of hydrogen-bond acceptors (Lipinski definition) is 2. The van der Waals surface area contributed by atoms with E-state index in [1.165, 1.54) is 0 Å². The highest BCUT2D eigenvalue weighted by Crippen LogP contribution is 2.54. The monoisotopic (exact) mass is 466 g/mol. The van der Waals surface area contributed by atoms with E-state index in [1.807, 2.05) is 28.8 Å². The number of carbonyl (C=O) groups is 1. The summed E-state index contributed by atoms with van der Waals surface area (Å²) in [6, 6.07) is 7.58. The fraction of sp³-hybridized carbons (Fsp3) is 0.273. The van der Waals surface area contributed by atoms with Crippen LogP contribution >= 0.6 is 0 Å². The van der Waals surface area contributed by atoms with Crippen LogP contribution in [0.15, 0.2) is 55.0 Å². The van der Waals surface area contributed by atoms with Gasteiger partial charge in [-0.1, -0.05) is 24.3 Å². The van der Waals surface area contributed by atoms with Crippen molar-refractivity contribution in [3.8, 4) is 11.3 Å². The van der Waals surface area contributed by atoms with E-state index >= 15 is 0 Å². The van der Waals surface area contributed by atoms with Crippen LogP contribution in [0.3, 0.4) is 0 Å². The van der Waals surface area contributed by atoms with Crippen molar-refractivity contribution >= 4 is 11.7 Å². The average molecular weight is 466 g/mol. The molecule has 3 aromatic rings. The fourth-order valence-corrected chi connectivity index (χ4v) is 4.73. The summed E-state index contributed by atoms with van der Waals surface area (Å²) in [5.41, 5.74) is -0.880. The van der Waals surface area contributed by atoms with Crippen LogP contribution in [-0.4, -0.2) is 21.6 Å². The summed E-state index contributed by atoms with van der Waals surface area (Å²) in [6.45, 7) is 0. The minimum Gasteiger partial charge on any atom is -0.335 e. The number of amides is 2. The van der Waals surface area contributed by atoms with Gasteiger partial charge in [0.05, 0.1) is 34.9 Å². The Kier molecular flexibility index (Phi) is 4.53. The Labute approximate surface area is 183 Å². The average Bonchev–Trinajstić information content (AvgIpc) is 3.27. The summed E-state index contributed by atoms with van der Waals surface area (Å²) in [5.74, 6) is 0. The van der Waals surface area contributed by atoms with Crippen molar-refractivity contribution in [1.82, 2.24) is 14.9 Å². The van der Waals surface area contributed by atoms with Crippen LogP contribution in [0.25, 0.3) is 11.3 Å². The highest BCUT2D eigenvalue weighted by atomic mass is 19.4. The number of halogens is 6. The van der Waals surface area contributed by atoms with Gasteiger partial charge in [0, 0.05) is 17.3 Å². The third kappa shape index (κ3) is 3.51. The fourth-order valence-electron chi connectivity index (χ4n) is 4.73. The topological polar surface area (TPSA) is 59.0 Å². The van der Waals surface area contributed by atoms with E-state index in [9.17, 15) is 31.1 Å². The highest BCUT2D eigenvalue weighted by molar-refractivity contribution is 5.90. The van der Waals surface area contributed by atoms with Crippen LogP contribution in [0.4, 0.5) is 36.8 Å². The van der Waals surface area contributed by atoms with Gasteiger partial charge in [0.15, 0.2) is 0 Å². The molecular formula is C22H16F6N4O. The molecular weight excluding hydrogens is 450 g/mol. The molecule has 0 radical (unpaired) electrons. The zero-order valence-electron chi connectivity index (χ0n) is 16.8. The van der Waals surface area contributed by atoms with Gasteiger partial charge >= 0.3 is 18.4 Å². The van der Waals surface area contributed by atoms with E-state index in [4.69, 9.17) is 0 Å². The lowest BCUT2D eigenvalue weighted by Gasteiger charge is -2.47. The van der Waals surface area contributed by atoms with Gasteiger partial charge in [0.25, 0.3) is 0 Å². The SMILES string of the molecule is O=C(Nc1cc(C(F)(F)F)cc(C(F)(F)F)c1)NC1CC2(C1)c1ccccc1-c1cncn12. The second-order valence-corrected chi connectivity index (χ2v) is 8.22. The van der Waals surface area contributed by atoms with E-state index in [1.54, 1.807) is 12.5 Å². The van der Waals surface area contributed by atoms with Crippen molar-refractivity contribution < 1.29 is 31.1 Å². The van der Waals surface area contributed by atoms with Crippen molar-refractivity contribution in [1.29, 1.82) is 0 Å². The quantitative estimate of drug-likeness (QED) is 0.481. The van der Waals surface area contributed by atoms with Crippen LogP contribution in [0, 0.1) is 0 Å². The molecule has 33 heavy (non-hydrogen) atoms. The Balaban J connectivity index is 1.31. The molecule has 0 bridgehead atoms. The molecule has 2 aromatic carbocycles. The van der Waals surface area contributed by atoms with Gasteiger partial charge in [-0.15, -0.1) is 0 Å². The minimum absolute atomic E-state index is 0.0129. The van der Waals surface area contributed by atoms with Crippen LogP contribution in [-0.2, 0) is 17.9 Å². The molecule has 5 nitrogen and oxygen atoms in total. The molecule has 2 N–H and O–H groups in total. The molecule has 1 spiro atoms. The maximum absolute atomic E-state index is 13.0. The number of fused-ring (bicyclic) bond motifs is 5. The molecule has 1 aliphatic carbocycles. The minimum atomic E-state index is -4.99. The smallest absolute Gasteiger partial charge is 0.335 e. The summed E-state index contributed by atoms with van der Waals surface area (Å²) < 4.78 is 80.2. The van der Waals surface area contributed by atoms with E-state index in [0.29, 0.717) is 25.0 Å². The molecule has 1 fully saturated rings. The van der Waals surface area contributed by atoms with Gasteiger partial charge in [0.1, 0.15) is 0 Å². The number of imidazole rings is 1. The molecule has 0 unspecified atom stereocenters. The number of nitrogens with zero attached hydrogens (tertiary/aromatic N) is 2.